The van der Waals surface area contributed by atoms with Crippen molar-refractivity contribution in [3.8, 4) is 0 Å². The molecule has 9 heteroatoms. The van der Waals surface area contributed by atoms with Gasteiger partial charge >= 0.3 is 0 Å². The van der Waals surface area contributed by atoms with Crippen molar-refractivity contribution >= 4 is 11.4 Å². The molecule has 5 atom stereocenters. The van der Waals surface area contributed by atoms with Gasteiger partial charge in [-0.1, -0.05) is 0 Å². The summed E-state index contributed by atoms with van der Waals surface area (Å²) in [6.07, 6.45) is -6.44. The number of aliphatic hydroxyl groups is 4. The monoisotopic (exact) mass is 314 g/mol. The Labute approximate surface area is 125 Å². The lowest BCUT2D eigenvalue weighted by atomic mass is 9.98. The lowest BCUT2D eigenvalue weighted by molar-refractivity contribution is -0.384. The van der Waals surface area contributed by atoms with Crippen molar-refractivity contribution < 1.29 is 30.1 Å². The number of benzene rings is 1. The van der Waals surface area contributed by atoms with Crippen LogP contribution in [0.2, 0.25) is 0 Å². The minimum Gasteiger partial charge on any atom is -0.394 e. The van der Waals surface area contributed by atoms with Gasteiger partial charge in [-0.3, -0.25) is 10.1 Å². The molecular formula is C13H18N2O7. The van der Waals surface area contributed by atoms with Gasteiger partial charge in [-0.15, -0.1) is 0 Å². The maximum absolute atomic E-state index is 10.7. The molecule has 122 valence electrons. The SMILES string of the molecule is Cc1cc([N+](=O)[O-])ccc1N[C@H]1O[C@@H](CO)[C@@H](O)[C@@H](O)[C@H]1O. The molecule has 1 saturated heterocycles. The van der Waals surface area contributed by atoms with Crippen LogP contribution in [0.3, 0.4) is 0 Å². The predicted octanol–water partition coefficient (Wildman–Crippen LogP) is -0.885. The molecule has 0 unspecified atom stereocenters. The van der Waals surface area contributed by atoms with Crippen LogP contribution in [0.1, 0.15) is 5.56 Å². The molecular weight excluding hydrogens is 296 g/mol. The molecule has 0 amide bonds. The van der Waals surface area contributed by atoms with Crippen LogP contribution in [-0.4, -0.2) is 62.6 Å². The van der Waals surface area contributed by atoms with Crippen LogP contribution >= 0.6 is 0 Å². The van der Waals surface area contributed by atoms with E-state index in [0.717, 1.165) is 0 Å². The van der Waals surface area contributed by atoms with E-state index in [1.165, 1.54) is 18.2 Å². The number of aliphatic hydroxyl groups excluding tert-OH is 4. The largest absolute Gasteiger partial charge is 0.394 e. The Balaban J connectivity index is 2.17. The third-order valence-corrected chi connectivity index (χ3v) is 3.61. The number of hydrogen-bond acceptors (Lipinski definition) is 8. The molecule has 1 aliphatic heterocycles. The second-order valence-electron chi connectivity index (χ2n) is 5.15. The first-order valence-electron chi connectivity index (χ1n) is 6.67. The van der Waals surface area contributed by atoms with Crippen LogP contribution in [0.25, 0.3) is 0 Å². The maximum atomic E-state index is 10.7. The third-order valence-electron chi connectivity index (χ3n) is 3.61. The Morgan fingerprint density at radius 2 is 1.95 bits per heavy atom. The van der Waals surface area contributed by atoms with E-state index in [4.69, 9.17) is 9.84 Å². The van der Waals surface area contributed by atoms with Crippen molar-refractivity contribution in [2.45, 2.75) is 37.6 Å². The summed E-state index contributed by atoms with van der Waals surface area (Å²) >= 11 is 0. The molecule has 1 heterocycles. The van der Waals surface area contributed by atoms with Gasteiger partial charge in [0.25, 0.3) is 5.69 Å². The van der Waals surface area contributed by atoms with Gasteiger partial charge in [-0.25, -0.2) is 0 Å². The van der Waals surface area contributed by atoms with Crippen LogP contribution in [0.5, 0.6) is 0 Å². The summed E-state index contributed by atoms with van der Waals surface area (Å²) in [5.41, 5.74) is 0.943. The number of non-ortho nitro benzene ring substituents is 1. The number of ether oxygens (including phenoxy) is 1. The van der Waals surface area contributed by atoms with Crippen LogP contribution < -0.4 is 5.32 Å². The summed E-state index contributed by atoms with van der Waals surface area (Å²) < 4.78 is 5.31. The molecule has 2 rings (SSSR count). The first kappa shape index (κ1) is 16.6. The lowest BCUT2D eigenvalue weighted by Crippen LogP contribution is -2.60. The molecule has 0 aromatic heterocycles. The molecule has 0 radical (unpaired) electrons. The highest BCUT2D eigenvalue weighted by Crippen LogP contribution is 2.26. The minimum atomic E-state index is -1.48. The van der Waals surface area contributed by atoms with Gasteiger partial charge in [0.2, 0.25) is 0 Å². The van der Waals surface area contributed by atoms with Crippen molar-refractivity contribution in [2.24, 2.45) is 0 Å². The van der Waals surface area contributed by atoms with E-state index in [1.807, 2.05) is 0 Å². The molecule has 1 aromatic carbocycles. The van der Waals surface area contributed by atoms with Gasteiger partial charge in [0.15, 0.2) is 6.23 Å². The first-order chi connectivity index (χ1) is 10.3. The normalized spacial score (nSPS) is 31.8. The van der Waals surface area contributed by atoms with E-state index in [9.17, 15) is 25.4 Å². The van der Waals surface area contributed by atoms with Crippen molar-refractivity contribution in [1.29, 1.82) is 0 Å². The first-order valence-corrected chi connectivity index (χ1v) is 6.67. The summed E-state index contributed by atoms with van der Waals surface area (Å²) in [7, 11) is 0. The Morgan fingerprint density at radius 1 is 1.27 bits per heavy atom. The van der Waals surface area contributed by atoms with Crippen molar-refractivity contribution in [1.82, 2.24) is 0 Å². The van der Waals surface area contributed by atoms with Gasteiger partial charge in [-0.2, -0.15) is 0 Å². The van der Waals surface area contributed by atoms with Crippen molar-refractivity contribution in [3.63, 3.8) is 0 Å². The zero-order valence-corrected chi connectivity index (χ0v) is 11.8. The Kier molecular flexibility index (Phi) is 4.94. The molecule has 0 bridgehead atoms. The quantitative estimate of drug-likeness (QED) is 0.355. The molecule has 0 aliphatic carbocycles. The van der Waals surface area contributed by atoms with Crippen LogP contribution in [0, 0.1) is 17.0 Å². The second kappa shape index (κ2) is 6.55. The maximum Gasteiger partial charge on any atom is 0.269 e. The number of rotatable bonds is 4. The third kappa shape index (κ3) is 3.18. The van der Waals surface area contributed by atoms with Crippen molar-refractivity contribution in [3.05, 3.63) is 33.9 Å². The summed E-state index contributed by atoms with van der Waals surface area (Å²) in [5, 5.41) is 52.0. The zero-order valence-electron chi connectivity index (χ0n) is 11.8. The predicted molar refractivity (Wildman–Crippen MR) is 75.2 cm³/mol. The standard InChI is InChI=1S/C13H18N2O7/c1-6-4-7(15(20)21)2-3-8(6)14-13-12(19)11(18)10(17)9(5-16)22-13/h2-4,9-14,16-19H,5H2,1H3/t9-,10+,11+,12+,13-/m0/s1. The van der Waals surface area contributed by atoms with Crippen LogP contribution in [0.4, 0.5) is 11.4 Å². The van der Waals surface area contributed by atoms with Gasteiger partial charge in [0.05, 0.1) is 11.5 Å². The topological polar surface area (TPSA) is 145 Å². The summed E-state index contributed by atoms with van der Waals surface area (Å²) in [4.78, 5) is 10.2. The fourth-order valence-electron chi connectivity index (χ4n) is 2.30. The fourth-order valence-corrected chi connectivity index (χ4v) is 2.30. The molecule has 0 spiro atoms. The number of aryl methyl sites for hydroxylation is 1. The zero-order chi connectivity index (χ0) is 16.4. The number of nitro benzene ring substituents is 1. The van der Waals surface area contributed by atoms with Gasteiger partial charge < -0.3 is 30.5 Å². The Morgan fingerprint density at radius 3 is 2.50 bits per heavy atom. The smallest absolute Gasteiger partial charge is 0.269 e. The molecule has 9 nitrogen and oxygen atoms in total. The number of hydrogen-bond donors (Lipinski definition) is 5. The summed E-state index contributed by atoms with van der Waals surface area (Å²) in [6, 6.07) is 4.10. The van der Waals surface area contributed by atoms with Gasteiger partial charge in [0.1, 0.15) is 24.4 Å². The average molecular weight is 314 g/mol. The molecule has 22 heavy (non-hydrogen) atoms. The average Bonchev–Trinajstić information content (AvgIpc) is 2.49. The number of nitro groups is 1. The Hall–Kier alpha value is -1.78. The number of nitrogens with zero attached hydrogens (tertiary/aromatic N) is 1. The van der Waals surface area contributed by atoms with E-state index >= 15 is 0 Å². The van der Waals surface area contributed by atoms with Crippen LogP contribution in [-0.2, 0) is 4.74 Å². The van der Waals surface area contributed by atoms with Crippen LogP contribution in [0.15, 0.2) is 18.2 Å². The van der Waals surface area contributed by atoms with E-state index in [-0.39, 0.29) is 5.69 Å². The Bertz CT molecular complexity index is 551. The highest BCUT2D eigenvalue weighted by Gasteiger charge is 2.43. The molecule has 1 aliphatic rings. The lowest BCUT2D eigenvalue weighted by Gasteiger charge is -2.40. The van der Waals surface area contributed by atoms with E-state index < -0.39 is 42.2 Å². The molecule has 1 aromatic rings. The highest BCUT2D eigenvalue weighted by atomic mass is 16.6. The summed E-state index contributed by atoms with van der Waals surface area (Å²) in [5.74, 6) is 0. The number of anilines is 1. The highest BCUT2D eigenvalue weighted by molar-refractivity contribution is 5.55. The summed E-state index contributed by atoms with van der Waals surface area (Å²) in [6.45, 7) is 1.11. The second-order valence-corrected chi connectivity index (χ2v) is 5.15. The van der Waals surface area contributed by atoms with E-state index in [0.29, 0.717) is 11.3 Å². The minimum absolute atomic E-state index is 0.0724. The number of nitrogens with one attached hydrogen (secondary N) is 1. The fraction of sp³-hybridized carbons (Fsp3) is 0.538. The van der Waals surface area contributed by atoms with Gasteiger partial charge in [-0.05, 0) is 18.6 Å². The molecule has 0 saturated carbocycles. The molecule has 5 N–H and O–H groups in total. The van der Waals surface area contributed by atoms with Crippen molar-refractivity contribution in [2.75, 3.05) is 11.9 Å². The van der Waals surface area contributed by atoms with Gasteiger partial charge in [0, 0.05) is 17.8 Å². The molecule has 1 fully saturated rings. The van der Waals surface area contributed by atoms with E-state index in [2.05, 4.69) is 5.32 Å². The van der Waals surface area contributed by atoms with E-state index in [1.54, 1.807) is 6.92 Å².